The lowest BCUT2D eigenvalue weighted by atomic mass is 10.1. The Kier molecular flexibility index (Phi) is 3.86. The highest BCUT2D eigenvalue weighted by Crippen LogP contribution is 2.23. The quantitative estimate of drug-likeness (QED) is 0.535. The lowest BCUT2D eigenvalue weighted by Gasteiger charge is -2.05. The third-order valence-electron chi connectivity index (χ3n) is 3.44. The monoisotopic (exact) mass is 407 g/mol. The van der Waals surface area contributed by atoms with Crippen molar-refractivity contribution in [3.63, 3.8) is 0 Å². The van der Waals surface area contributed by atoms with Gasteiger partial charge in [0, 0.05) is 18.0 Å². The van der Waals surface area contributed by atoms with Crippen LogP contribution in [0.1, 0.15) is 34.2 Å². The van der Waals surface area contributed by atoms with E-state index in [9.17, 15) is 9.90 Å². The van der Waals surface area contributed by atoms with Crippen molar-refractivity contribution in [3.8, 4) is 5.75 Å². The zero-order valence-corrected chi connectivity index (χ0v) is 14.3. The van der Waals surface area contributed by atoms with Gasteiger partial charge in [-0.05, 0) is 59.7 Å². The summed E-state index contributed by atoms with van der Waals surface area (Å²) in [5.41, 5.74) is 2.75. The minimum atomic E-state index is -0.116. The van der Waals surface area contributed by atoms with E-state index < -0.39 is 0 Å². The van der Waals surface area contributed by atoms with Crippen molar-refractivity contribution in [1.29, 1.82) is 0 Å². The first kappa shape index (κ1) is 15.0. The van der Waals surface area contributed by atoms with Crippen LogP contribution in [0.3, 0.4) is 0 Å². The van der Waals surface area contributed by atoms with Gasteiger partial charge in [-0.15, -0.1) is 0 Å². The molecule has 0 radical (unpaired) electrons. The fourth-order valence-electron chi connectivity index (χ4n) is 2.35. The molecule has 0 bridgehead atoms. The molecule has 2 aromatic heterocycles. The van der Waals surface area contributed by atoms with Crippen molar-refractivity contribution in [1.82, 2.24) is 14.4 Å². The number of aromatic hydroxyl groups is 1. The van der Waals surface area contributed by atoms with Crippen LogP contribution in [0, 0.1) is 10.5 Å². The Bertz CT molecular complexity index is 886. The van der Waals surface area contributed by atoms with Gasteiger partial charge in [0.15, 0.2) is 0 Å². The highest BCUT2D eigenvalue weighted by atomic mass is 127. The highest BCUT2D eigenvalue weighted by molar-refractivity contribution is 14.1. The summed E-state index contributed by atoms with van der Waals surface area (Å²) in [4.78, 5) is 21.6. The molecule has 0 aliphatic rings. The molecule has 3 aromatic rings. The van der Waals surface area contributed by atoms with Crippen molar-refractivity contribution in [2.24, 2.45) is 0 Å². The maximum Gasteiger partial charge on any atom is 0.234 e. The standard InChI is InChI=1S/C16H14IN3O2/c1-3-12-14(20-8-9(2)7-18-16(20)19-12)15(22)10-4-5-13(21)11(17)6-10/h4-8,21H,3H2,1-2H3. The van der Waals surface area contributed by atoms with Gasteiger partial charge in [-0.3, -0.25) is 9.20 Å². The maximum absolute atomic E-state index is 12.9. The Hall–Kier alpha value is -1.96. The van der Waals surface area contributed by atoms with Gasteiger partial charge >= 0.3 is 0 Å². The number of fused-ring (bicyclic) bond motifs is 1. The molecule has 0 saturated heterocycles. The van der Waals surface area contributed by atoms with E-state index >= 15 is 0 Å². The van der Waals surface area contributed by atoms with E-state index in [4.69, 9.17) is 0 Å². The van der Waals surface area contributed by atoms with Gasteiger partial charge < -0.3 is 5.11 Å². The number of aryl methyl sites for hydroxylation is 2. The van der Waals surface area contributed by atoms with E-state index in [-0.39, 0.29) is 11.5 Å². The summed E-state index contributed by atoms with van der Waals surface area (Å²) in [5.74, 6) is 0.581. The number of rotatable bonds is 3. The second-order valence-corrected chi connectivity index (χ2v) is 6.22. The number of nitrogens with zero attached hydrogens (tertiary/aromatic N) is 3. The van der Waals surface area contributed by atoms with Crippen molar-refractivity contribution >= 4 is 34.2 Å². The van der Waals surface area contributed by atoms with Crippen molar-refractivity contribution < 1.29 is 9.90 Å². The highest BCUT2D eigenvalue weighted by Gasteiger charge is 2.21. The third-order valence-corrected chi connectivity index (χ3v) is 4.30. The van der Waals surface area contributed by atoms with Crippen LogP contribution < -0.4 is 0 Å². The Morgan fingerprint density at radius 2 is 2.18 bits per heavy atom. The van der Waals surface area contributed by atoms with Gasteiger partial charge in [-0.2, -0.15) is 0 Å². The number of halogens is 1. The lowest BCUT2D eigenvalue weighted by molar-refractivity contribution is 0.103. The summed E-state index contributed by atoms with van der Waals surface area (Å²) < 4.78 is 2.39. The van der Waals surface area contributed by atoms with Gasteiger partial charge in [-0.1, -0.05) is 6.92 Å². The molecule has 0 amide bonds. The van der Waals surface area contributed by atoms with Crippen LogP contribution in [0.2, 0.25) is 0 Å². The summed E-state index contributed by atoms with van der Waals surface area (Å²) in [6.45, 7) is 3.89. The normalized spacial score (nSPS) is 11.0. The molecular weight excluding hydrogens is 393 g/mol. The van der Waals surface area contributed by atoms with Gasteiger partial charge in [0.1, 0.15) is 11.4 Å². The van der Waals surface area contributed by atoms with Gasteiger partial charge in [0.05, 0.1) is 9.26 Å². The molecular formula is C16H14IN3O2. The molecule has 5 nitrogen and oxygen atoms in total. The topological polar surface area (TPSA) is 67.5 Å². The molecule has 3 rings (SSSR count). The first-order valence-corrected chi connectivity index (χ1v) is 7.96. The Morgan fingerprint density at radius 3 is 2.86 bits per heavy atom. The van der Waals surface area contributed by atoms with E-state index in [1.807, 2.05) is 42.6 Å². The van der Waals surface area contributed by atoms with Crippen LogP contribution in [-0.2, 0) is 6.42 Å². The molecule has 0 aliphatic heterocycles. The second-order valence-electron chi connectivity index (χ2n) is 5.06. The SMILES string of the molecule is CCc1nc2ncc(C)cn2c1C(=O)c1ccc(O)c(I)c1. The number of carbonyl (C=O) groups is 1. The average Bonchev–Trinajstić information content (AvgIpc) is 2.87. The molecule has 112 valence electrons. The molecule has 0 aliphatic carbocycles. The van der Waals surface area contributed by atoms with Gasteiger partial charge in [-0.25, -0.2) is 9.97 Å². The molecule has 1 N–H and O–H groups in total. The van der Waals surface area contributed by atoms with E-state index in [0.717, 1.165) is 11.3 Å². The summed E-state index contributed by atoms with van der Waals surface area (Å²) in [7, 11) is 0. The molecule has 0 saturated carbocycles. The molecule has 0 unspecified atom stereocenters. The lowest BCUT2D eigenvalue weighted by Crippen LogP contribution is -2.09. The number of phenols is 1. The fraction of sp³-hybridized carbons (Fsp3) is 0.188. The Labute approximate surface area is 141 Å². The van der Waals surface area contributed by atoms with Crippen molar-refractivity contribution in [3.05, 3.63) is 56.7 Å². The molecule has 22 heavy (non-hydrogen) atoms. The Balaban J connectivity index is 2.21. The minimum absolute atomic E-state index is 0.116. The third kappa shape index (κ3) is 2.47. The van der Waals surface area contributed by atoms with Crippen LogP contribution >= 0.6 is 22.6 Å². The molecule has 2 heterocycles. The zero-order valence-electron chi connectivity index (χ0n) is 12.2. The van der Waals surface area contributed by atoms with E-state index in [1.54, 1.807) is 22.7 Å². The second kappa shape index (κ2) is 5.68. The smallest absolute Gasteiger partial charge is 0.234 e. The number of ketones is 1. The van der Waals surface area contributed by atoms with Crippen molar-refractivity contribution in [2.75, 3.05) is 0 Å². The molecule has 0 spiro atoms. The van der Waals surface area contributed by atoms with Gasteiger partial charge in [0.2, 0.25) is 11.6 Å². The average molecular weight is 407 g/mol. The fourth-order valence-corrected chi connectivity index (χ4v) is 2.86. The summed E-state index contributed by atoms with van der Waals surface area (Å²) in [6.07, 6.45) is 4.26. The van der Waals surface area contributed by atoms with Crippen LogP contribution in [0.5, 0.6) is 5.75 Å². The number of imidazole rings is 1. The van der Waals surface area contributed by atoms with Crippen LogP contribution in [0.4, 0.5) is 0 Å². The number of carbonyl (C=O) groups excluding carboxylic acids is 1. The van der Waals surface area contributed by atoms with E-state index in [2.05, 4.69) is 9.97 Å². The number of hydrogen-bond donors (Lipinski definition) is 1. The van der Waals surface area contributed by atoms with Crippen LogP contribution in [0.25, 0.3) is 5.78 Å². The van der Waals surface area contributed by atoms with E-state index in [0.29, 0.717) is 27.0 Å². The number of benzene rings is 1. The molecule has 0 atom stereocenters. The largest absolute Gasteiger partial charge is 0.507 e. The first-order valence-electron chi connectivity index (χ1n) is 6.88. The summed E-state index contributed by atoms with van der Waals surface area (Å²) >= 11 is 2.01. The van der Waals surface area contributed by atoms with E-state index in [1.165, 1.54) is 6.07 Å². The van der Waals surface area contributed by atoms with Gasteiger partial charge in [0.25, 0.3) is 0 Å². The predicted molar refractivity (Wildman–Crippen MR) is 91.4 cm³/mol. The number of hydrogen-bond acceptors (Lipinski definition) is 4. The molecule has 1 aromatic carbocycles. The minimum Gasteiger partial charge on any atom is -0.507 e. The van der Waals surface area contributed by atoms with Crippen molar-refractivity contribution in [2.45, 2.75) is 20.3 Å². The summed E-state index contributed by atoms with van der Waals surface area (Å²) in [6, 6.07) is 4.84. The predicted octanol–water partition coefficient (Wildman–Crippen LogP) is 3.14. The van der Waals surface area contributed by atoms with Crippen LogP contribution in [-0.4, -0.2) is 25.3 Å². The first-order chi connectivity index (χ1) is 10.5. The molecule has 6 heteroatoms. The maximum atomic E-state index is 12.9. The molecule has 0 fully saturated rings. The van der Waals surface area contributed by atoms with Crippen LogP contribution in [0.15, 0.2) is 30.6 Å². The number of aromatic nitrogens is 3. The number of phenolic OH excluding ortho intramolecular Hbond substituents is 1. The zero-order chi connectivity index (χ0) is 15.9. The Morgan fingerprint density at radius 1 is 1.41 bits per heavy atom. The summed E-state index contributed by atoms with van der Waals surface area (Å²) in [5, 5.41) is 9.62.